The summed E-state index contributed by atoms with van der Waals surface area (Å²) in [6, 6.07) is 0. The maximum absolute atomic E-state index is 5.47. The number of aryl methyl sites for hydroxylation is 1. The highest BCUT2D eigenvalue weighted by Gasteiger charge is 2.09. The maximum atomic E-state index is 5.47. The van der Waals surface area contributed by atoms with Gasteiger partial charge in [0.2, 0.25) is 0 Å². The molecule has 0 radical (unpaired) electrons. The third-order valence-corrected chi connectivity index (χ3v) is 1.69. The molecule has 0 saturated carbocycles. The van der Waals surface area contributed by atoms with Gasteiger partial charge in [0, 0.05) is 12.5 Å². The second-order valence-corrected chi connectivity index (χ2v) is 2.88. The number of nitrogens with two attached hydrogens (primary N) is 1. The Morgan fingerprint density at radius 2 is 2.33 bits per heavy atom. The molecule has 0 aliphatic rings. The first-order chi connectivity index (χ1) is 5.77. The number of aromatic nitrogens is 4. The molecule has 5 heteroatoms. The summed E-state index contributed by atoms with van der Waals surface area (Å²) in [4.78, 5) is 1.61. The van der Waals surface area contributed by atoms with E-state index in [2.05, 4.69) is 22.3 Å². The summed E-state index contributed by atoms with van der Waals surface area (Å²) in [5, 5.41) is 12.0. The van der Waals surface area contributed by atoms with Crippen molar-refractivity contribution < 1.29 is 0 Å². The van der Waals surface area contributed by atoms with E-state index >= 15 is 0 Å². The highest BCUT2D eigenvalue weighted by atomic mass is 15.6. The lowest BCUT2D eigenvalue weighted by molar-refractivity contribution is 0.511. The molecule has 1 unspecified atom stereocenters. The molecule has 1 aromatic rings. The van der Waals surface area contributed by atoms with Crippen LogP contribution < -0.4 is 5.73 Å². The van der Waals surface area contributed by atoms with E-state index < -0.39 is 0 Å². The normalized spacial score (nSPS) is 13.2. The maximum Gasteiger partial charge on any atom is 0.178 e. The Morgan fingerprint density at radius 3 is 2.92 bits per heavy atom. The zero-order valence-corrected chi connectivity index (χ0v) is 7.56. The molecule has 0 aromatic carbocycles. The molecule has 2 N–H and O–H groups in total. The minimum Gasteiger partial charge on any atom is -0.330 e. The van der Waals surface area contributed by atoms with E-state index in [0.29, 0.717) is 6.54 Å². The van der Waals surface area contributed by atoms with Gasteiger partial charge in [-0.05, 0) is 11.6 Å². The van der Waals surface area contributed by atoms with Gasteiger partial charge in [-0.2, -0.15) is 4.80 Å². The Bertz CT molecular complexity index is 231. The Kier molecular flexibility index (Phi) is 3.16. The molecule has 1 aromatic heterocycles. The SMILES string of the molecule is CCCn1nnc(C(C)CN)n1. The fourth-order valence-corrected chi connectivity index (χ4v) is 0.853. The minimum atomic E-state index is 0.204. The monoisotopic (exact) mass is 169 g/mol. The van der Waals surface area contributed by atoms with Crippen molar-refractivity contribution >= 4 is 0 Å². The van der Waals surface area contributed by atoms with Crippen LogP contribution in [0.3, 0.4) is 0 Å². The molecule has 68 valence electrons. The van der Waals surface area contributed by atoms with Crippen LogP contribution in [0.5, 0.6) is 0 Å². The topological polar surface area (TPSA) is 69.6 Å². The van der Waals surface area contributed by atoms with Crippen LogP contribution in [-0.4, -0.2) is 26.8 Å². The van der Waals surface area contributed by atoms with Crippen LogP contribution >= 0.6 is 0 Å². The average Bonchev–Trinajstić information content (AvgIpc) is 2.52. The first-order valence-electron chi connectivity index (χ1n) is 4.25. The van der Waals surface area contributed by atoms with Crippen molar-refractivity contribution in [2.45, 2.75) is 32.7 Å². The predicted molar refractivity (Wildman–Crippen MR) is 45.6 cm³/mol. The van der Waals surface area contributed by atoms with Crippen LogP contribution in [0, 0.1) is 0 Å². The summed E-state index contributed by atoms with van der Waals surface area (Å²) in [6.07, 6.45) is 1.02. The van der Waals surface area contributed by atoms with Gasteiger partial charge in [0.25, 0.3) is 0 Å². The molecular weight excluding hydrogens is 154 g/mol. The predicted octanol–water partition coefficient (Wildman–Crippen LogP) is 0.145. The summed E-state index contributed by atoms with van der Waals surface area (Å²) in [7, 11) is 0. The number of tetrazole rings is 1. The summed E-state index contributed by atoms with van der Waals surface area (Å²) in [5.41, 5.74) is 5.47. The van der Waals surface area contributed by atoms with Gasteiger partial charge in [0.1, 0.15) is 0 Å². The van der Waals surface area contributed by atoms with Crippen LogP contribution in [-0.2, 0) is 6.54 Å². The molecule has 1 heterocycles. The second-order valence-electron chi connectivity index (χ2n) is 2.88. The van der Waals surface area contributed by atoms with Crippen molar-refractivity contribution in [1.82, 2.24) is 20.2 Å². The molecule has 0 aliphatic carbocycles. The average molecular weight is 169 g/mol. The highest BCUT2D eigenvalue weighted by molar-refractivity contribution is 4.88. The summed E-state index contributed by atoms with van der Waals surface area (Å²) < 4.78 is 0. The van der Waals surface area contributed by atoms with Crippen molar-refractivity contribution in [1.29, 1.82) is 0 Å². The molecule has 0 saturated heterocycles. The van der Waals surface area contributed by atoms with Gasteiger partial charge in [-0.1, -0.05) is 13.8 Å². The molecule has 5 nitrogen and oxygen atoms in total. The van der Waals surface area contributed by atoms with Gasteiger partial charge < -0.3 is 5.73 Å². The van der Waals surface area contributed by atoms with Gasteiger partial charge >= 0.3 is 0 Å². The molecule has 1 atom stereocenters. The van der Waals surface area contributed by atoms with Gasteiger partial charge in [0.15, 0.2) is 5.82 Å². The number of rotatable bonds is 4. The largest absolute Gasteiger partial charge is 0.330 e. The van der Waals surface area contributed by atoms with E-state index in [1.807, 2.05) is 6.92 Å². The van der Waals surface area contributed by atoms with Gasteiger partial charge in [-0.15, -0.1) is 10.2 Å². The smallest absolute Gasteiger partial charge is 0.178 e. The van der Waals surface area contributed by atoms with Crippen LogP contribution in [0.25, 0.3) is 0 Å². The molecule has 12 heavy (non-hydrogen) atoms. The molecular formula is C7H15N5. The first kappa shape index (κ1) is 9.12. The third-order valence-electron chi connectivity index (χ3n) is 1.69. The standard InChI is InChI=1S/C7H15N5/c1-3-4-12-10-7(9-11-12)6(2)5-8/h6H,3-5,8H2,1-2H3. The van der Waals surface area contributed by atoms with Crippen molar-refractivity contribution in [3.63, 3.8) is 0 Å². The van der Waals surface area contributed by atoms with Crippen molar-refractivity contribution in [3.8, 4) is 0 Å². The van der Waals surface area contributed by atoms with Crippen LogP contribution in [0.4, 0.5) is 0 Å². The van der Waals surface area contributed by atoms with Gasteiger partial charge in [0.05, 0.1) is 6.54 Å². The van der Waals surface area contributed by atoms with Crippen molar-refractivity contribution in [3.05, 3.63) is 5.82 Å². The number of hydrogen-bond donors (Lipinski definition) is 1. The summed E-state index contributed by atoms with van der Waals surface area (Å²) in [5.74, 6) is 0.946. The molecule has 1 rings (SSSR count). The van der Waals surface area contributed by atoms with E-state index in [1.165, 1.54) is 0 Å². The van der Waals surface area contributed by atoms with E-state index in [0.717, 1.165) is 18.8 Å². The van der Waals surface area contributed by atoms with Crippen LogP contribution in [0.15, 0.2) is 0 Å². The van der Waals surface area contributed by atoms with Crippen molar-refractivity contribution in [2.75, 3.05) is 6.54 Å². The molecule has 0 bridgehead atoms. The Balaban J connectivity index is 2.63. The number of nitrogens with zero attached hydrogens (tertiary/aromatic N) is 4. The second kappa shape index (κ2) is 4.15. The van der Waals surface area contributed by atoms with Gasteiger partial charge in [-0.25, -0.2) is 0 Å². The lowest BCUT2D eigenvalue weighted by Crippen LogP contribution is -2.11. The Morgan fingerprint density at radius 1 is 1.58 bits per heavy atom. The van der Waals surface area contributed by atoms with E-state index in [-0.39, 0.29) is 5.92 Å². The molecule has 0 spiro atoms. The summed E-state index contributed by atoms with van der Waals surface area (Å²) in [6.45, 7) is 5.46. The minimum absolute atomic E-state index is 0.204. The quantitative estimate of drug-likeness (QED) is 0.696. The van der Waals surface area contributed by atoms with E-state index in [1.54, 1.807) is 4.80 Å². The van der Waals surface area contributed by atoms with E-state index in [4.69, 9.17) is 5.73 Å². The zero-order chi connectivity index (χ0) is 8.97. The third kappa shape index (κ3) is 2.01. The highest BCUT2D eigenvalue weighted by Crippen LogP contribution is 2.04. The Labute approximate surface area is 71.9 Å². The van der Waals surface area contributed by atoms with E-state index in [9.17, 15) is 0 Å². The fourth-order valence-electron chi connectivity index (χ4n) is 0.853. The molecule has 0 amide bonds. The lowest BCUT2D eigenvalue weighted by Gasteiger charge is -1.99. The fraction of sp³-hybridized carbons (Fsp3) is 0.857. The summed E-state index contributed by atoms with van der Waals surface area (Å²) >= 11 is 0. The first-order valence-corrected chi connectivity index (χ1v) is 4.25. The van der Waals surface area contributed by atoms with Crippen LogP contribution in [0.2, 0.25) is 0 Å². The molecule has 0 aliphatic heterocycles. The Hall–Kier alpha value is -0.970. The zero-order valence-electron chi connectivity index (χ0n) is 7.56. The number of hydrogen-bond acceptors (Lipinski definition) is 4. The molecule has 0 fully saturated rings. The van der Waals surface area contributed by atoms with Crippen LogP contribution in [0.1, 0.15) is 32.0 Å². The van der Waals surface area contributed by atoms with Gasteiger partial charge in [-0.3, -0.25) is 0 Å². The lowest BCUT2D eigenvalue weighted by atomic mass is 10.2. The van der Waals surface area contributed by atoms with Crippen molar-refractivity contribution in [2.24, 2.45) is 5.73 Å².